The van der Waals surface area contributed by atoms with E-state index < -0.39 is 0 Å². The number of carbonyl (C=O) groups excluding carboxylic acids is 2. The highest BCUT2D eigenvalue weighted by Crippen LogP contribution is 2.15. The highest BCUT2D eigenvalue weighted by Gasteiger charge is 2.20. The van der Waals surface area contributed by atoms with E-state index in [1.807, 2.05) is 46.1 Å². The Morgan fingerprint density at radius 1 is 1.09 bits per heavy atom. The van der Waals surface area contributed by atoms with E-state index in [0.29, 0.717) is 12.1 Å². The van der Waals surface area contributed by atoms with Crippen molar-refractivity contribution in [3.8, 4) is 0 Å². The smallest absolute Gasteiger partial charge is 0.220 e. The lowest BCUT2D eigenvalue weighted by Gasteiger charge is -2.28. The summed E-state index contributed by atoms with van der Waals surface area (Å²) < 4.78 is 0. The van der Waals surface area contributed by atoms with E-state index >= 15 is 0 Å². The van der Waals surface area contributed by atoms with Crippen LogP contribution in [0.15, 0.2) is 18.2 Å². The summed E-state index contributed by atoms with van der Waals surface area (Å²) in [6, 6.07) is 5.69. The van der Waals surface area contributed by atoms with Gasteiger partial charge in [-0.25, -0.2) is 0 Å². The van der Waals surface area contributed by atoms with Crippen molar-refractivity contribution >= 4 is 11.7 Å². The number of benzene rings is 1. The van der Waals surface area contributed by atoms with Gasteiger partial charge in [0.05, 0.1) is 0 Å². The molecule has 23 heavy (non-hydrogen) atoms. The van der Waals surface area contributed by atoms with Crippen LogP contribution < -0.4 is 5.32 Å². The largest absolute Gasteiger partial charge is 0.356 e. The number of nitrogens with one attached hydrogen (secondary N) is 1. The number of rotatable bonds is 8. The molecule has 0 aromatic heterocycles. The lowest BCUT2D eigenvalue weighted by atomic mass is 9.93. The minimum absolute atomic E-state index is 0.0111. The second-order valence-corrected chi connectivity index (χ2v) is 7.40. The molecule has 0 radical (unpaired) electrons. The van der Waals surface area contributed by atoms with Crippen LogP contribution in [0.4, 0.5) is 0 Å². The van der Waals surface area contributed by atoms with Crippen molar-refractivity contribution in [3.05, 3.63) is 34.9 Å². The normalized spacial score (nSPS) is 11.6. The molecule has 1 amide bonds. The van der Waals surface area contributed by atoms with Crippen molar-refractivity contribution in [2.75, 3.05) is 27.2 Å². The molecule has 0 heterocycles. The molecule has 0 saturated carbocycles. The van der Waals surface area contributed by atoms with Crippen LogP contribution in [0.3, 0.4) is 0 Å². The number of ketones is 1. The van der Waals surface area contributed by atoms with Crippen LogP contribution in [-0.2, 0) is 4.79 Å². The van der Waals surface area contributed by atoms with E-state index in [0.717, 1.165) is 12.1 Å². The van der Waals surface area contributed by atoms with Crippen LogP contribution in [-0.4, -0.2) is 43.8 Å². The van der Waals surface area contributed by atoms with Crippen LogP contribution in [0, 0.1) is 19.3 Å². The molecule has 1 aromatic rings. The van der Waals surface area contributed by atoms with Gasteiger partial charge in [0.25, 0.3) is 0 Å². The molecule has 1 N–H and O–H groups in total. The topological polar surface area (TPSA) is 49.4 Å². The Morgan fingerprint density at radius 2 is 1.74 bits per heavy atom. The molecule has 0 spiro atoms. The molecule has 0 atom stereocenters. The van der Waals surface area contributed by atoms with Crippen molar-refractivity contribution in [2.24, 2.45) is 5.41 Å². The molecule has 0 aliphatic rings. The second kappa shape index (κ2) is 8.25. The monoisotopic (exact) mass is 318 g/mol. The molecule has 0 saturated heterocycles. The molecule has 4 nitrogen and oxygen atoms in total. The minimum atomic E-state index is -0.0611. The average Bonchev–Trinajstić information content (AvgIpc) is 2.44. The zero-order valence-electron chi connectivity index (χ0n) is 15.3. The average molecular weight is 318 g/mol. The van der Waals surface area contributed by atoms with Crippen molar-refractivity contribution in [3.63, 3.8) is 0 Å². The predicted octanol–water partition coefficient (Wildman–Crippen LogP) is 2.97. The first-order chi connectivity index (χ1) is 10.6. The standard InChI is InChI=1S/C19H30N2O2/c1-14-7-8-16(11-15(14)2)17(22)9-10-18(23)20-12-19(3,4)13-21(5)6/h7-8,11H,9-10,12-13H2,1-6H3,(H,20,23). The fourth-order valence-electron chi connectivity index (χ4n) is 2.62. The number of Topliss-reactive ketones (excluding diaryl/α,β-unsaturated/α-hetero) is 1. The summed E-state index contributed by atoms with van der Waals surface area (Å²) in [5, 5.41) is 2.94. The zero-order chi connectivity index (χ0) is 17.6. The zero-order valence-corrected chi connectivity index (χ0v) is 15.3. The molecule has 0 aliphatic carbocycles. The maximum absolute atomic E-state index is 12.2. The van der Waals surface area contributed by atoms with E-state index in [4.69, 9.17) is 0 Å². The molecular formula is C19H30N2O2. The van der Waals surface area contributed by atoms with Crippen molar-refractivity contribution < 1.29 is 9.59 Å². The summed E-state index contributed by atoms with van der Waals surface area (Å²) >= 11 is 0. The van der Waals surface area contributed by atoms with E-state index in [1.54, 1.807) is 0 Å². The van der Waals surface area contributed by atoms with Gasteiger partial charge in [0.2, 0.25) is 5.91 Å². The van der Waals surface area contributed by atoms with Crippen LogP contribution in [0.5, 0.6) is 0 Å². The van der Waals surface area contributed by atoms with Crippen LogP contribution in [0.1, 0.15) is 48.2 Å². The lowest BCUT2D eigenvalue weighted by Crippen LogP contribution is -2.40. The van der Waals surface area contributed by atoms with Crippen LogP contribution >= 0.6 is 0 Å². The number of hydrogen-bond acceptors (Lipinski definition) is 3. The molecule has 1 rings (SSSR count). The van der Waals surface area contributed by atoms with Crippen LogP contribution in [0.25, 0.3) is 0 Å². The quantitative estimate of drug-likeness (QED) is 0.750. The van der Waals surface area contributed by atoms with Gasteiger partial charge in [-0.3, -0.25) is 9.59 Å². The maximum atomic E-state index is 12.2. The third-order valence-electron chi connectivity index (χ3n) is 3.92. The summed E-state index contributed by atoms with van der Waals surface area (Å²) in [4.78, 5) is 26.2. The van der Waals surface area contributed by atoms with Crippen LogP contribution in [0.2, 0.25) is 0 Å². The van der Waals surface area contributed by atoms with Gasteiger partial charge in [-0.05, 0) is 50.6 Å². The Kier molecular flexibility index (Phi) is 6.95. The number of hydrogen-bond donors (Lipinski definition) is 1. The number of aryl methyl sites for hydroxylation is 2. The second-order valence-electron chi connectivity index (χ2n) is 7.40. The Labute approximate surface area is 140 Å². The highest BCUT2D eigenvalue weighted by molar-refractivity contribution is 5.98. The van der Waals surface area contributed by atoms with Gasteiger partial charge in [0.15, 0.2) is 5.78 Å². The number of nitrogens with zero attached hydrogens (tertiary/aromatic N) is 1. The van der Waals surface area contributed by atoms with Gasteiger partial charge in [0, 0.05) is 31.5 Å². The Balaban J connectivity index is 2.43. The van der Waals surface area contributed by atoms with Gasteiger partial charge < -0.3 is 10.2 Å². The molecule has 0 bridgehead atoms. The Morgan fingerprint density at radius 3 is 2.30 bits per heavy atom. The molecule has 0 unspecified atom stereocenters. The SMILES string of the molecule is Cc1ccc(C(=O)CCC(=O)NCC(C)(C)CN(C)C)cc1C. The fourth-order valence-corrected chi connectivity index (χ4v) is 2.62. The minimum Gasteiger partial charge on any atom is -0.356 e. The summed E-state index contributed by atoms with van der Waals surface area (Å²) in [5.41, 5.74) is 2.97. The number of amides is 1. The highest BCUT2D eigenvalue weighted by atomic mass is 16.2. The fraction of sp³-hybridized carbons (Fsp3) is 0.579. The van der Waals surface area contributed by atoms with Gasteiger partial charge >= 0.3 is 0 Å². The van der Waals surface area contributed by atoms with Crippen molar-refractivity contribution in [1.82, 2.24) is 10.2 Å². The van der Waals surface area contributed by atoms with E-state index in [9.17, 15) is 9.59 Å². The molecule has 0 aliphatic heterocycles. The van der Waals surface area contributed by atoms with E-state index in [2.05, 4.69) is 24.1 Å². The number of carbonyl (C=O) groups is 2. The summed E-state index contributed by atoms with van der Waals surface area (Å²) in [6.45, 7) is 9.76. The molecule has 0 fully saturated rings. The third kappa shape index (κ3) is 6.95. The molecule has 4 heteroatoms. The first-order valence-electron chi connectivity index (χ1n) is 8.12. The lowest BCUT2D eigenvalue weighted by molar-refractivity contribution is -0.121. The summed E-state index contributed by atoms with van der Waals surface area (Å²) in [7, 11) is 4.04. The molecule has 128 valence electrons. The van der Waals surface area contributed by atoms with Gasteiger partial charge in [-0.1, -0.05) is 26.0 Å². The third-order valence-corrected chi connectivity index (χ3v) is 3.92. The maximum Gasteiger partial charge on any atom is 0.220 e. The first-order valence-corrected chi connectivity index (χ1v) is 8.12. The van der Waals surface area contributed by atoms with Crippen molar-refractivity contribution in [2.45, 2.75) is 40.5 Å². The Hall–Kier alpha value is -1.68. The van der Waals surface area contributed by atoms with Gasteiger partial charge in [-0.2, -0.15) is 0 Å². The summed E-state index contributed by atoms with van der Waals surface area (Å²) in [6.07, 6.45) is 0.492. The summed E-state index contributed by atoms with van der Waals surface area (Å²) in [5.74, 6) is -0.0372. The van der Waals surface area contributed by atoms with E-state index in [1.165, 1.54) is 5.56 Å². The van der Waals surface area contributed by atoms with E-state index in [-0.39, 0.29) is 29.9 Å². The van der Waals surface area contributed by atoms with Gasteiger partial charge in [0.1, 0.15) is 0 Å². The Bertz CT molecular complexity index is 562. The van der Waals surface area contributed by atoms with Gasteiger partial charge in [-0.15, -0.1) is 0 Å². The molecule has 1 aromatic carbocycles. The van der Waals surface area contributed by atoms with Crippen molar-refractivity contribution in [1.29, 1.82) is 0 Å². The predicted molar refractivity (Wildman–Crippen MR) is 94.8 cm³/mol. The molecular weight excluding hydrogens is 288 g/mol. The first kappa shape index (κ1) is 19.4.